The van der Waals surface area contributed by atoms with Crippen molar-refractivity contribution in [2.24, 2.45) is 0 Å². The summed E-state index contributed by atoms with van der Waals surface area (Å²) in [5.74, 6) is 2.81. The Kier molecular flexibility index (Phi) is 31.9. The third kappa shape index (κ3) is 24.6. The number of hydrogen-bond acceptors (Lipinski definition) is 23. The third-order valence-electron chi connectivity index (χ3n) is 20.1. The van der Waals surface area contributed by atoms with E-state index in [9.17, 15) is 17.5 Å². The Morgan fingerprint density at radius 1 is 0.622 bits per heavy atom. The molecule has 9 aromatic rings. The molecule has 4 fully saturated rings. The lowest BCUT2D eigenvalue weighted by atomic mass is 9.99. The number of hydrogen-bond donors (Lipinski definition) is 6. The SMILES string of the molecule is CCCCO.CCc1cc(N)c(OC)cc1N1CCC(N2CCN(C)CC2)CC1.CP(C)(=O)c1cc(-n2cccn2)ccc1Nc1nc(Cl)ncc1Br.Cc1ccc(S(=O)(=O)O)cc1.[B-]c1cnc(Nc2cc(CC)c(N3CCC(N4CCN(C)CC4)CC3)cc2OC)nc1Nc1ccc(-n2cccn2)cc1P(C)(C)=O. The summed E-state index contributed by atoms with van der Waals surface area (Å²) in [6.45, 7) is 29.3. The summed E-state index contributed by atoms with van der Waals surface area (Å²) in [5, 5.41) is 28.0. The number of anilines is 9. The number of piperidine rings is 2. The van der Waals surface area contributed by atoms with Crippen LogP contribution in [0.5, 0.6) is 11.5 Å². The largest absolute Gasteiger partial charge is 0.573 e. The van der Waals surface area contributed by atoms with Gasteiger partial charge in [0.15, 0.2) is 0 Å². The van der Waals surface area contributed by atoms with Gasteiger partial charge in [-0.2, -0.15) is 28.6 Å². The maximum Gasteiger partial charge on any atom is 0.294 e. The van der Waals surface area contributed by atoms with Crippen LogP contribution in [0.15, 0.2) is 144 Å². The summed E-state index contributed by atoms with van der Waals surface area (Å²) in [4.78, 5) is 32.4. The van der Waals surface area contributed by atoms with Crippen LogP contribution >= 0.6 is 41.8 Å². The number of methoxy groups -OCH3 is 2. The van der Waals surface area contributed by atoms with Gasteiger partial charge in [-0.3, -0.25) is 19.8 Å². The van der Waals surface area contributed by atoms with Gasteiger partial charge >= 0.3 is 0 Å². The van der Waals surface area contributed by atoms with Crippen LogP contribution in [0.4, 0.5) is 51.7 Å². The molecule has 26 nitrogen and oxygen atoms in total. The van der Waals surface area contributed by atoms with Crippen LogP contribution in [-0.2, 0) is 32.1 Å². The molecule has 0 unspecified atom stereocenters. The van der Waals surface area contributed by atoms with E-state index in [2.05, 4.69) is 146 Å². The van der Waals surface area contributed by atoms with Crippen molar-refractivity contribution in [1.82, 2.24) is 59.1 Å². The highest BCUT2D eigenvalue weighted by molar-refractivity contribution is 9.10. The summed E-state index contributed by atoms with van der Waals surface area (Å²) < 4.78 is 71.1. The highest BCUT2D eigenvalue weighted by Gasteiger charge is 2.31. The monoisotopic (exact) mass is 1660 g/mol. The Labute approximate surface area is 670 Å². The average molecular weight is 1660 g/mol. The van der Waals surface area contributed by atoms with Crippen molar-refractivity contribution in [1.29, 1.82) is 0 Å². The summed E-state index contributed by atoms with van der Waals surface area (Å²) in [5.41, 5.74) is 17.1. The molecule has 597 valence electrons. The van der Waals surface area contributed by atoms with Crippen molar-refractivity contribution in [2.75, 3.05) is 172 Å². The maximum absolute atomic E-state index is 13.3. The molecule has 0 bridgehead atoms. The second kappa shape index (κ2) is 40.7. The number of likely N-dealkylation sites (N-methyl/N-ethyl adjacent to an activating group) is 2. The van der Waals surface area contributed by atoms with Crippen molar-refractivity contribution >= 4 is 128 Å². The summed E-state index contributed by atoms with van der Waals surface area (Å²) in [6, 6.07) is 30.9. The molecule has 0 atom stereocenters. The number of piperazine rings is 2. The first-order chi connectivity index (χ1) is 53.0. The smallest absolute Gasteiger partial charge is 0.294 e. The molecule has 4 aromatic heterocycles. The van der Waals surface area contributed by atoms with Gasteiger partial charge in [0.1, 0.15) is 31.6 Å². The quantitative estimate of drug-likeness (QED) is 0.0128. The fourth-order valence-corrected chi connectivity index (χ4v) is 16.9. The van der Waals surface area contributed by atoms with E-state index in [0.717, 1.165) is 124 Å². The second-order valence-electron chi connectivity index (χ2n) is 28.8. The Bertz CT molecular complexity index is 4690. The van der Waals surface area contributed by atoms with Gasteiger partial charge in [0.05, 0.1) is 63.5 Å². The topological polar surface area (TPSA) is 296 Å². The zero-order valence-electron chi connectivity index (χ0n) is 66.0. The number of aliphatic hydroxyl groups excluding tert-OH is 1. The number of nitrogens with two attached hydrogens (primary N) is 1. The number of aliphatic hydroxyl groups is 1. The Balaban J connectivity index is 0.000000185. The van der Waals surface area contributed by atoms with E-state index < -0.39 is 24.4 Å². The van der Waals surface area contributed by atoms with Crippen LogP contribution in [0.25, 0.3) is 11.4 Å². The van der Waals surface area contributed by atoms with E-state index in [1.165, 1.54) is 86.5 Å². The lowest BCUT2D eigenvalue weighted by Crippen LogP contribution is -2.52. The minimum atomic E-state index is -4.02. The average Bonchev–Trinajstić information content (AvgIpc) is 1.37. The van der Waals surface area contributed by atoms with Crippen LogP contribution in [0.3, 0.4) is 0 Å². The maximum atomic E-state index is 13.3. The summed E-state index contributed by atoms with van der Waals surface area (Å²) in [6.07, 6.45) is 19.0. The number of aryl methyl sites for hydroxylation is 3. The number of nitrogens with one attached hydrogen (secondary N) is 3. The molecule has 4 aliphatic rings. The number of nitrogens with zero attached hydrogens (tertiary/aromatic N) is 14. The van der Waals surface area contributed by atoms with Gasteiger partial charge in [-0.15, -0.1) is 0 Å². The molecule has 32 heteroatoms. The molecular weight excluding hydrogens is 1550 g/mol. The first kappa shape index (κ1) is 87.1. The van der Waals surface area contributed by atoms with Crippen LogP contribution in [0.1, 0.15) is 76.0 Å². The molecule has 0 aliphatic carbocycles. The first-order valence-electron chi connectivity index (χ1n) is 37.7. The summed E-state index contributed by atoms with van der Waals surface area (Å²) >= 11 is 9.24. The highest BCUT2D eigenvalue weighted by atomic mass is 79.9. The van der Waals surface area contributed by atoms with E-state index in [4.69, 9.17) is 49.3 Å². The normalized spacial score (nSPS) is 15.7. The fourth-order valence-electron chi connectivity index (χ4n) is 13.7. The van der Waals surface area contributed by atoms with Crippen LogP contribution in [0.2, 0.25) is 5.28 Å². The molecule has 8 heterocycles. The van der Waals surface area contributed by atoms with Gasteiger partial charge in [-0.05, 0) is 210 Å². The second-order valence-corrected chi connectivity index (χ2v) is 37.8. The molecule has 13 rings (SSSR count). The first-order valence-corrected chi connectivity index (χ1v) is 45.5. The predicted octanol–water partition coefficient (Wildman–Crippen LogP) is 12.1. The molecular formula is C79H109BBrClN18O8P2S-. The van der Waals surface area contributed by atoms with Crippen molar-refractivity contribution in [2.45, 2.75) is 96.0 Å². The number of unbranched alkanes of at least 4 members (excludes halogenated alkanes) is 1. The highest BCUT2D eigenvalue weighted by Crippen LogP contribution is 2.42. The van der Waals surface area contributed by atoms with Gasteiger partial charge in [0, 0.05) is 162 Å². The number of nitrogen functional groups attached to an aromatic ring is 1. The van der Waals surface area contributed by atoms with Crippen LogP contribution in [0, 0.1) is 6.92 Å². The number of rotatable bonds is 21. The van der Waals surface area contributed by atoms with E-state index in [1.54, 1.807) is 87.2 Å². The van der Waals surface area contributed by atoms with E-state index >= 15 is 0 Å². The molecule has 111 heavy (non-hydrogen) atoms. The molecule has 0 saturated carbocycles. The molecule has 4 aliphatic heterocycles. The van der Waals surface area contributed by atoms with Gasteiger partial charge in [0.2, 0.25) is 11.2 Å². The van der Waals surface area contributed by atoms with Gasteiger partial charge in [0.25, 0.3) is 10.1 Å². The van der Waals surface area contributed by atoms with E-state index in [0.29, 0.717) is 62.2 Å². The lowest BCUT2D eigenvalue weighted by molar-refractivity contribution is 0.0982. The Hall–Kier alpha value is -7.92. The molecule has 0 amide bonds. The standard InChI is InChI=1S/C34H45BN9O2P.C19H32N4O.C15H14BrClN5OP.C7H8O3S.C4H10O/c1-6-24-20-29(31(46-3)22-30(24)43-14-10-25(11-15-43)42-18-16-41(2)17-19-42)39-34-36-23-27(35)33(40-34)38-28-9-8-26(44-13-7-12-37-44)21-32(28)47(4,5)45;1-4-15-13-17(20)19(24-3)14-18(15)23-7-5-16(6-8-23)22-11-9-21(2)10-12-22;1-24(2,23)13-8-10(22-7-3-6-19-22)4-5-12(13)20-14-11(16)9-18-15(17)21-14;1-6-2-4-7(5-3-6)11(8,9)10;1-2-3-4-5/h7-9,12-13,20-23,25H,6,10-11,14-19H2,1-5H3,(H2,36,38,39,40);13-14,16H,4-12,20H2,1-3H3;3-9H,1-2H3,(H,18,20,21);2-5H,1H3,(H,8,9,10);5H,2-4H2,1H3/q-1;;;;. The van der Waals surface area contributed by atoms with Gasteiger partial charge in [-0.1, -0.05) is 44.9 Å². The van der Waals surface area contributed by atoms with Crippen molar-refractivity contribution in [3.05, 3.63) is 161 Å². The molecule has 0 spiro atoms. The van der Waals surface area contributed by atoms with Crippen molar-refractivity contribution in [3.63, 3.8) is 0 Å². The molecule has 4 saturated heterocycles. The Morgan fingerprint density at radius 2 is 1.10 bits per heavy atom. The van der Waals surface area contributed by atoms with Crippen molar-refractivity contribution in [3.8, 4) is 22.9 Å². The minimum absolute atomic E-state index is 0.0666. The minimum Gasteiger partial charge on any atom is -0.573 e. The number of benzene rings is 5. The predicted molar refractivity (Wildman–Crippen MR) is 458 cm³/mol. The fraction of sp³-hybridized carbons (Fsp3) is 0.443. The zero-order valence-corrected chi connectivity index (χ0v) is 71.0. The molecule has 5 aromatic carbocycles. The number of aromatic nitrogens is 8. The Morgan fingerprint density at radius 3 is 1.52 bits per heavy atom. The van der Waals surface area contributed by atoms with Gasteiger partial charge in [-0.25, -0.2) is 19.3 Å². The molecule has 3 radical (unpaired) electrons. The van der Waals surface area contributed by atoms with E-state index in [1.807, 2.05) is 67.8 Å². The molecule has 7 N–H and O–H groups in total. The zero-order chi connectivity index (χ0) is 80.2. The number of ether oxygens (including phenoxy) is 2. The third-order valence-corrected chi connectivity index (χ3v) is 24.8. The van der Waals surface area contributed by atoms with E-state index in [-0.39, 0.29) is 10.2 Å². The summed E-state index contributed by atoms with van der Waals surface area (Å²) in [7, 11) is 4.91. The lowest BCUT2D eigenvalue weighted by Gasteiger charge is -2.43. The van der Waals surface area contributed by atoms with Crippen molar-refractivity contribution < 1.29 is 36.7 Å². The number of halogens is 2. The van der Waals surface area contributed by atoms with Gasteiger partial charge < -0.3 is 72.8 Å². The van der Waals surface area contributed by atoms with Crippen LogP contribution < -0.4 is 57.0 Å². The van der Waals surface area contributed by atoms with Crippen LogP contribution in [-0.4, -0.2) is 237 Å².